The topological polar surface area (TPSA) is 71.1 Å². The van der Waals surface area contributed by atoms with E-state index in [1.54, 1.807) is 7.05 Å². The first-order valence-corrected chi connectivity index (χ1v) is 8.70. The number of hydrogen-bond acceptors (Lipinski definition) is 4. The average molecular weight is 407 g/mol. The number of nitrogens with zero attached hydrogens (tertiary/aromatic N) is 4. The summed E-state index contributed by atoms with van der Waals surface area (Å²) in [6.07, 6.45) is 0.710. The van der Waals surface area contributed by atoms with Gasteiger partial charge in [-0.25, -0.2) is 9.78 Å². The highest BCUT2D eigenvalue weighted by Gasteiger charge is 2.17. The normalized spacial score (nSPS) is 11.2. The molecule has 132 valence electrons. The third-order valence-corrected chi connectivity index (χ3v) is 4.68. The Hall–Kier alpha value is -2.35. The number of aryl methyl sites for hydroxylation is 3. The first kappa shape index (κ1) is 17.5. The maximum atomic E-state index is 12.2. The van der Waals surface area contributed by atoms with Gasteiger partial charge >= 0.3 is 5.69 Å². The number of hydrogen-bond donors (Lipinski definition) is 0. The lowest BCUT2D eigenvalue weighted by Crippen LogP contribution is -2.37. The molecule has 3 aromatic rings. The van der Waals surface area contributed by atoms with Crippen molar-refractivity contribution in [1.82, 2.24) is 18.7 Å². The third kappa shape index (κ3) is 3.26. The number of imidazole rings is 1. The van der Waals surface area contributed by atoms with Crippen LogP contribution < -0.4 is 16.0 Å². The number of rotatable bonds is 5. The second-order valence-electron chi connectivity index (χ2n) is 5.93. The molecule has 0 atom stereocenters. The first-order chi connectivity index (χ1) is 11.9. The second kappa shape index (κ2) is 6.87. The maximum absolute atomic E-state index is 12.2. The van der Waals surface area contributed by atoms with Crippen LogP contribution in [0.2, 0.25) is 0 Å². The molecule has 0 bridgehead atoms. The molecular formula is C17H19BrN4O3. The zero-order valence-electron chi connectivity index (χ0n) is 14.3. The van der Waals surface area contributed by atoms with Crippen molar-refractivity contribution < 1.29 is 4.74 Å². The van der Waals surface area contributed by atoms with Gasteiger partial charge in [0.05, 0.1) is 6.61 Å². The molecule has 0 N–H and O–H groups in total. The van der Waals surface area contributed by atoms with Gasteiger partial charge in [0.25, 0.3) is 5.56 Å². The molecule has 2 aromatic heterocycles. The Bertz CT molecular complexity index is 1050. The Morgan fingerprint density at radius 3 is 2.68 bits per heavy atom. The van der Waals surface area contributed by atoms with Gasteiger partial charge in [-0.1, -0.05) is 12.1 Å². The predicted molar refractivity (Wildman–Crippen MR) is 99.2 cm³/mol. The zero-order valence-corrected chi connectivity index (χ0v) is 15.9. The van der Waals surface area contributed by atoms with Crippen molar-refractivity contribution in [2.75, 3.05) is 6.61 Å². The highest BCUT2D eigenvalue weighted by molar-refractivity contribution is 9.10. The van der Waals surface area contributed by atoms with E-state index in [0.29, 0.717) is 30.0 Å². The van der Waals surface area contributed by atoms with Crippen molar-refractivity contribution in [2.45, 2.75) is 19.9 Å². The molecule has 0 fully saturated rings. The summed E-state index contributed by atoms with van der Waals surface area (Å²) in [6.45, 7) is 3.11. The van der Waals surface area contributed by atoms with E-state index in [-0.39, 0.29) is 11.2 Å². The lowest BCUT2D eigenvalue weighted by molar-refractivity contribution is 0.301. The summed E-state index contributed by atoms with van der Waals surface area (Å²) >= 11 is 3.38. The molecule has 0 aliphatic carbocycles. The van der Waals surface area contributed by atoms with E-state index >= 15 is 0 Å². The fourth-order valence-electron chi connectivity index (χ4n) is 2.78. The minimum atomic E-state index is -0.395. The van der Waals surface area contributed by atoms with Crippen LogP contribution in [0.4, 0.5) is 0 Å². The molecule has 0 spiro atoms. The van der Waals surface area contributed by atoms with Gasteiger partial charge in [-0.15, -0.1) is 0 Å². The summed E-state index contributed by atoms with van der Waals surface area (Å²) in [6, 6.07) is 7.87. The van der Waals surface area contributed by atoms with Crippen LogP contribution in [0.5, 0.6) is 5.75 Å². The Kier molecular flexibility index (Phi) is 4.80. The molecule has 0 saturated carbocycles. The molecule has 3 rings (SSSR count). The molecule has 25 heavy (non-hydrogen) atoms. The maximum Gasteiger partial charge on any atom is 0.332 e. The fourth-order valence-corrected chi connectivity index (χ4v) is 3.30. The molecule has 7 nitrogen and oxygen atoms in total. The second-order valence-corrected chi connectivity index (χ2v) is 6.64. The van der Waals surface area contributed by atoms with Gasteiger partial charge in [0.1, 0.15) is 5.75 Å². The van der Waals surface area contributed by atoms with Gasteiger partial charge in [-0.05, 0) is 47.0 Å². The summed E-state index contributed by atoms with van der Waals surface area (Å²) in [5.74, 6) is 0.829. The molecular weight excluding hydrogens is 388 g/mol. The van der Waals surface area contributed by atoms with Gasteiger partial charge in [-0.3, -0.25) is 13.9 Å². The molecule has 0 saturated heterocycles. The van der Waals surface area contributed by atoms with Crippen LogP contribution in [0.1, 0.15) is 12.0 Å². The highest BCUT2D eigenvalue weighted by atomic mass is 79.9. The Morgan fingerprint density at radius 1 is 1.20 bits per heavy atom. The molecule has 0 radical (unpaired) electrons. The van der Waals surface area contributed by atoms with E-state index < -0.39 is 5.56 Å². The molecule has 0 aliphatic rings. The molecule has 0 aliphatic heterocycles. The highest BCUT2D eigenvalue weighted by Crippen LogP contribution is 2.17. The summed E-state index contributed by atoms with van der Waals surface area (Å²) in [4.78, 5) is 28.7. The molecule has 8 heteroatoms. The van der Waals surface area contributed by atoms with Gasteiger partial charge < -0.3 is 9.30 Å². The molecule has 2 heterocycles. The number of fused-ring (bicyclic) bond motifs is 1. The van der Waals surface area contributed by atoms with E-state index in [1.807, 2.05) is 35.8 Å². The van der Waals surface area contributed by atoms with Crippen molar-refractivity contribution in [3.05, 3.63) is 55.4 Å². The Balaban J connectivity index is 1.81. The molecule has 1 aromatic carbocycles. The molecule has 0 unspecified atom stereocenters. The van der Waals surface area contributed by atoms with E-state index in [1.165, 1.54) is 11.6 Å². The number of ether oxygens (including phenoxy) is 1. The van der Waals surface area contributed by atoms with Crippen LogP contribution in [-0.4, -0.2) is 25.3 Å². The third-order valence-electron chi connectivity index (χ3n) is 4.08. The van der Waals surface area contributed by atoms with E-state index in [9.17, 15) is 9.59 Å². The van der Waals surface area contributed by atoms with Crippen LogP contribution in [0, 0.1) is 6.92 Å². The van der Waals surface area contributed by atoms with Gasteiger partial charge in [-0.2, -0.15) is 0 Å². The minimum absolute atomic E-state index is 0.274. The summed E-state index contributed by atoms with van der Waals surface area (Å²) in [5.41, 5.74) is 1.16. The van der Waals surface area contributed by atoms with Crippen molar-refractivity contribution in [1.29, 1.82) is 0 Å². The smallest absolute Gasteiger partial charge is 0.332 e. The van der Waals surface area contributed by atoms with Gasteiger partial charge in [0.15, 0.2) is 15.9 Å². The van der Waals surface area contributed by atoms with Crippen molar-refractivity contribution in [3.8, 4) is 5.75 Å². The van der Waals surface area contributed by atoms with Gasteiger partial charge in [0, 0.05) is 20.6 Å². The number of benzene rings is 1. The quantitative estimate of drug-likeness (QED) is 0.479. The van der Waals surface area contributed by atoms with Crippen LogP contribution in [0.15, 0.2) is 38.6 Å². The first-order valence-electron chi connectivity index (χ1n) is 7.91. The minimum Gasteiger partial charge on any atom is -0.494 e. The lowest BCUT2D eigenvalue weighted by atomic mass is 10.2. The van der Waals surface area contributed by atoms with Crippen molar-refractivity contribution in [2.24, 2.45) is 14.1 Å². The van der Waals surface area contributed by atoms with Crippen LogP contribution in [0.3, 0.4) is 0 Å². The van der Waals surface area contributed by atoms with Crippen LogP contribution in [-0.2, 0) is 20.6 Å². The van der Waals surface area contributed by atoms with E-state index in [0.717, 1.165) is 15.9 Å². The van der Waals surface area contributed by atoms with E-state index in [2.05, 4.69) is 20.9 Å². The Labute approximate surface area is 152 Å². The van der Waals surface area contributed by atoms with Gasteiger partial charge in [0.2, 0.25) is 0 Å². The lowest BCUT2D eigenvalue weighted by Gasteiger charge is -2.10. The van der Waals surface area contributed by atoms with Crippen molar-refractivity contribution >= 4 is 27.1 Å². The van der Waals surface area contributed by atoms with Crippen LogP contribution in [0.25, 0.3) is 11.2 Å². The average Bonchev–Trinajstić information content (AvgIpc) is 2.92. The monoisotopic (exact) mass is 406 g/mol. The van der Waals surface area contributed by atoms with E-state index in [4.69, 9.17) is 4.74 Å². The number of halogens is 1. The summed E-state index contributed by atoms with van der Waals surface area (Å²) in [5, 5.41) is 0. The molecule has 0 amide bonds. The number of aromatic nitrogens is 4. The fraction of sp³-hybridized carbons (Fsp3) is 0.353. The van der Waals surface area contributed by atoms with Crippen molar-refractivity contribution in [3.63, 3.8) is 0 Å². The summed E-state index contributed by atoms with van der Waals surface area (Å²) in [7, 11) is 3.09. The predicted octanol–water partition coefficient (Wildman–Crippen LogP) is 1.97. The largest absolute Gasteiger partial charge is 0.494 e. The standard InChI is InChI=1S/C17H19BrN4O3/c1-11-6-4-7-12(10-11)25-9-5-8-22-14-13(19-16(22)18)15(23)21(3)17(24)20(14)2/h4,6-7,10H,5,8-9H2,1-3H3. The Morgan fingerprint density at radius 2 is 1.96 bits per heavy atom. The van der Waals surface area contributed by atoms with Crippen LogP contribution >= 0.6 is 15.9 Å². The summed E-state index contributed by atoms with van der Waals surface area (Å²) < 4.78 is 10.6. The SMILES string of the molecule is Cc1cccc(OCCCn2c(Br)nc3c(=O)n(C)c(=O)n(C)c32)c1. The zero-order chi connectivity index (χ0) is 18.1.